The van der Waals surface area contributed by atoms with Gasteiger partial charge in [0.25, 0.3) is 5.91 Å². The van der Waals surface area contributed by atoms with Gasteiger partial charge >= 0.3 is 6.09 Å². The number of carbonyl (C=O) groups excluding carboxylic acids is 2. The Morgan fingerprint density at radius 1 is 1.14 bits per heavy atom. The Kier molecular flexibility index (Phi) is 3.34. The van der Waals surface area contributed by atoms with Crippen LogP contribution in [0.2, 0.25) is 0 Å². The third-order valence-corrected chi connectivity index (χ3v) is 3.28. The summed E-state index contributed by atoms with van der Waals surface area (Å²) in [7, 11) is 0. The van der Waals surface area contributed by atoms with Gasteiger partial charge in [0.15, 0.2) is 0 Å². The molecule has 110 valence electrons. The smallest absolute Gasteiger partial charge is 0.416 e. The van der Waals surface area contributed by atoms with Gasteiger partial charge < -0.3 is 4.74 Å². The van der Waals surface area contributed by atoms with Crippen molar-refractivity contribution >= 4 is 18.1 Å². The highest BCUT2D eigenvalue weighted by molar-refractivity contribution is 6.01. The molecule has 0 atom stereocenters. The predicted octanol–water partition coefficient (Wildman–Crippen LogP) is 3.35. The van der Waals surface area contributed by atoms with Gasteiger partial charge in [0.1, 0.15) is 6.56 Å². The van der Waals surface area contributed by atoms with Gasteiger partial charge in [-0.3, -0.25) is 4.79 Å². The van der Waals surface area contributed by atoms with Crippen molar-refractivity contribution in [1.82, 2.24) is 4.90 Å². The van der Waals surface area contributed by atoms with Crippen molar-refractivity contribution in [2.45, 2.75) is 0 Å². The average molecular weight is 295 g/mol. The monoisotopic (exact) mass is 295 g/mol. The highest BCUT2D eigenvalue weighted by atomic mass is 16.6. The second-order valence-electron chi connectivity index (χ2n) is 4.76. The fourth-order valence-corrected chi connectivity index (χ4v) is 2.16. The molecule has 22 heavy (non-hydrogen) atoms. The van der Waals surface area contributed by atoms with E-state index in [2.05, 4.69) is 4.74 Å². The van der Waals surface area contributed by atoms with Gasteiger partial charge in [0.05, 0.1) is 9.29 Å². The Morgan fingerprint density at radius 3 is 2.64 bits per heavy atom. The highest BCUT2D eigenvalue weighted by Gasteiger charge is 2.26. The zero-order chi connectivity index (χ0) is 17.2. The minimum atomic E-state index is -2.13. The molecule has 0 radical (unpaired) electrons. The molecular formula is C18H15NO3. The second-order valence-corrected chi connectivity index (χ2v) is 4.76. The zero-order valence-corrected chi connectivity index (χ0v) is 11.7. The molecule has 1 heterocycles. The van der Waals surface area contributed by atoms with Gasteiger partial charge in [-0.25, -0.2) is 9.69 Å². The highest BCUT2D eigenvalue weighted by Crippen LogP contribution is 2.20. The molecule has 0 saturated carbocycles. The van der Waals surface area contributed by atoms with E-state index in [1.165, 1.54) is 6.08 Å². The van der Waals surface area contributed by atoms with E-state index in [-0.39, 0.29) is 0 Å². The number of benzene rings is 2. The maximum Gasteiger partial charge on any atom is 0.416 e. The maximum atomic E-state index is 12.0. The lowest BCUT2D eigenvalue weighted by Crippen LogP contribution is -2.29. The number of carbonyl (C=O) groups is 2. The maximum absolute atomic E-state index is 12.0. The summed E-state index contributed by atoms with van der Waals surface area (Å²) in [4.78, 5) is 24.3. The van der Waals surface area contributed by atoms with E-state index in [1.54, 1.807) is 6.08 Å². The van der Waals surface area contributed by atoms with Crippen molar-refractivity contribution < 1.29 is 17.1 Å². The largest absolute Gasteiger partial charge is 0.447 e. The van der Waals surface area contributed by atoms with Crippen LogP contribution in [0.25, 0.3) is 17.2 Å². The standard InChI is InChI=1S/C18H15NO3/c20-17(19-11-12-22-18(19)21)10-9-14-5-4-8-16(13-14)15-6-2-1-3-7-15/h1-10,13H,11-12H2/i12D2. The number of rotatable bonds is 3. The molecule has 2 aromatic carbocycles. The number of hydrogen-bond donors (Lipinski definition) is 0. The minimum absolute atomic E-state index is 0.404. The van der Waals surface area contributed by atoms with Crippen LogP contribution in [0.15, 0.2) is 60.7 Å². The molecule has 0 N–H and O–H groups in total. The van der Waals surface area contributed by atoms with Crippen LogP contribution < -0.4 is 0 Å². The Bertz CT molecular complexity index is 803. The van der Waals surface area contributed by atoms with Crippen LogP contribution in [0.1, 0.15) is 8.30 Å². The molecule has 3 rings (SSSR count). The number of cyclic esters (lactones) is 1. The van der Waals surface area contributed by atoms with E-state index in [9.17, 15) is 9.59 Å². The molecule has 1 saturated heterocycles. The number of imide groups is 1. The van der Waals surface area contributed by atoms with Gasteiger partial charge in [0.2, 0.25) is 0 Å². The molecule has 1 aliphatic rings. The van der Waals surface area contributed by atoms with E-state index in [1.807, 2.05) is 54.6 Å². The average Bonchev–Trinajstić information content (AvgIpc) is 2.86. The predicted molar refractivity (Wildman–Crippen MR) is 84.0 cm³/mol. The minimum Gasteiger partial charge on any atom is -0.447 e. The van der Waals surface area contributed by atoms with Crippen LogP contribution in [0.3, 0.4) is 0 Å². The normalized spacial score (nSPS) is 18.0. The van der Waals surface area contributed by atoms with E-state index >= 15 is 0 Å². The molecule has 2 aromatic rings. The van der Waals surface area contributed by atoms with Gasteiger partial charge in [-0.1, -0.05) is 48.5 Å². The van der Waals surface area contributed by atoms with E-state index < -0.39 is 25.1 Å². The first-order valence-electron chi connectivity index (χ1n) is 7.83. The third-order valence-electron chi connectivity index (χ3n) is 3.28. The molecule has 1 aliphatic heterocycles. The van der Waals surface area contributed by atoms with Crippen molar-refractivity contribution in [3.05, 3.63) is 66.2 Å². The summed E-state index contributed by atoms with van der Waals surface area (Å²) in [5.74, 6) is -0.605. The number of hydrogen-bond acceptors (Lipinski definition) is 3. The van der Waals surface area contributed by atoms with Gasteiger partial charge in [-0.2, -0.15) is 0 Å². The first-order valence-corrected chi connectivity index (χ1v) is 6.83. The summed E-state index contributed by atoms with van der Waals surface area (Å²) in [5, 5.41) is 0. The van der Waals surface area contributed by atoms with Crippen LogP contribution in [0, 0.1) is 0 Å². The molecule has 0 aromatic heterocycles. The van der Waals surface area contributed by atoms with Crippen molar-refractivity contribution in [3.63, 3.8) is 0 Å². The van der Waals surface area contributed by atoms with Crippen LogP contribution in [-0.4, -0.2) is 30.0 Å². The Morgan fingerprint density at radius 2 is 1.91 bits per heavy atom. The molecule has 0 unspecified atom stereocenters. The van der Waals surface area contributed by atoms with Crippen molar-refractivity contribution in [2.24, 2.45) is 0 Å². The van der Waals surface area contributed by atoms with Crippen molar-refractivity contribution in [3.8, 4) is 11.1 Å². The first-order chi connectivity index (χ1) is 11.4. The fraction of sp³-hybridized carbons (Fsp3) is 0.111. The molecule has 4 heteroatoms. The van der Waals surface area contributed by atoms with Gasteiger partial charge in [0, 0.05) is 6.08 Å². The SMILES string of the molecule is [2H]C1([2H])CN(C(=O)C=Cc2cccc(-c3ccccc3)c2)C(=O)O1. The lowest BCUT2D eigenvalue weighted by Gasteiger charge is -2.06. The lowest BCUT2D eigenvalue weighted by molar-refractivity contribution is -0.122. The van der Waals surface area contributed by atoms with Crippen LogP contribution in [0.5, 0.6) is 0 Å². The van der Waals surface area contributed by atoms with E-state index in [4.69, 9.17) is 2.74 Å². The molecule has 0 bridgehead atoms. The van der Waals surface area contributed by atoms with Gasteiger partial charge in [-0.05, 0) is 28.8 Å². The zero-order valence-electron chi connectivity index (χ0n) is 13.7. The number of ether oxygens (including phenoxy) is 1. The second kappa shape index (κ2) is 6.26. The third kappa shape index (κ3) is 3.06. The Hall–Kier alpha value is -2.88. The number of amides is 2. The molecule has 1 fully saturated rings. The fourth-order valence-electron chi connectivity index (χ4n) is 2.16. The van der Waals surface area contributed by atoms with Crippen LogP contribution in [-0.2, 0) is 9.53 Å². The topological polar surface area (TPSA) is 46.6 Å². The first kappa shape index (κ1) is 11.7. The van der Waals surface area contributed by atoms with Crippen LogP contribution >= 0.6 is 0 Å². The van der Waals surface area contributed by atoms with E-state index in [0.717, 1.165) is 21.6 Å². The van der Waals surface area contributed by atoms with Crippen molar-refractivity contribution in [2.75, 3.05) is 13.1 Å². The lowest BCUT2D eigenvalue weighted by atomic mass is 10.0. The summed E-state index contributed by atoms with van der Waals surface area (Å²) in [5.41, 5.74) is 2.89. The summed E-state index contributed by atoms with van der Waals surface area (Å²) in [6, 6.07) is 17.5. The summed E-state index contributed by atoms with van der Waals surface area (Å²) < 4.78 is 19.2. The Balaban J connectivity index is 1.76. The molecule has 0 aliphatic carbocycles. The number of nitrogens with zero attached hydrogens (tertiary/aromatic N) is 1. The molecular weight excluding hydrogens is 278 g/mol. The van der Waals surface area contributed by atoms with E-state index in [0.29, 0.717) is 0 Å². The Labute approximate surface area is 131 Å². The summed E-state index contributed by atoms with van der Waals surface area (Å²) in [6.07, 6.45) is 1.87. The quantitative estimate of drug-likeness (QED) is 0.816. The molecule has 4 nitrogen and oxygen atoms in total. The van der Waals surface area contributed by atoms with Crippen molar-refractivity contribution in [1.29, 1.82) is 0 Å². The van der Waals surface area contributed by atoms with Crippen LogP contribution in [0.4, 0.5) is 4.79 Å². The molecule has 2 amide bonds. The summed E-state index contributed by atoms with van der Waals surface area (Å²) in [6.45, 7) is -2.53. The summed E-state index contributed by atoms with van der Waals surface area (Å²) >= 11 is 0. The molecule has 0 spiro atoms. The van der Waals surface area contributed by atoms with Gasteiger partial charge in [-0.15, -0.1) is 0 Å².